The molecule has 18 heteroatoms. The number of oxime groups is 1. The highest BCUT2D eigenvalue weighted by molar-refractivity contribution is 8.00. The van der Waals surface area contributed by atoms with Crippen LogP contribution in [0.25, 0.3) is 4.83 Å². The van der Waals surface area contributed by atoms with Crippen LogP contribution in [0.15, 0.2) is 34.2 Å². The number of anilines is 1. The second-order valence-corrected chi connectivity index (χ2v) is 11.5. The number of β-lactam (4-membered cyclic amide) rings is 1. The first-order valence-corrected chi connectivity index (χ1v) is 14.6. The van der Waals surface area contributed by atoms with E-state index in [9.17, 15) is 24.3 Å². The lowest BCUT2D eigenvalue weighted by atomic mass is 10.0. The van der Waals surface area contributed by atoms with Crippen LogP contribution in [0.1, 0.15) is 31.5 Å². The van der Waals surface area contributed by atoms with Crippen molar-refractivity contribution in [2.45, 2.75) is 37.8 Å². The van der Waals surface area contributed by atoms with Gasteiger partial charge in [-0.3, -0.25) is 19.3 Å². The predicted octanol–water partition coefficient (Wildman–Crippen LogP) is -0.292. The van der Waals surface area contributed by atoms with Crippen LogP contribution in [-0.4, -0.2) is 77.4 Å². The van der Waals surface area contributed by atoms with E-state index in [1.165, 1.54) is 28.0 Å². The van der Waals surface area contributed by atoms with E-state index in [0.29, 0.717) is 17.7 Å². The summed E-state index contributed by atoms with van der Waals surface area (Å²) >= 11 is 3.72. The monoisotopic (exact) mass is 606 g/mol. The Balaban J connectivity index is 1.39. The van der Waals surface area contributed by atoms with Gasteiger partial charge < -0.3 is 26.3 Å². The van der Waals surface area contributed by atoms with Crippen molar-refractivity contribution < 1.29 is 33.7 Å². The zero-order chi connectivity index (χ0) is 28.6. The molecule has 40 heavy (non-hydrogen) atoms. The third kappa shape index (κ3) is 4.88. The maximum Gasteiger partial charge on any atom is 0.352 e. The molecule has 2 aliphatic heterocycles. The normalized spacial score (nSPS) is 19.7. The Kier molecular flexibility index (Phi) is 7.72. The van der Waals surface area contributed by atoms with Crippen LogP contribution in [0.5, 0.6) is 0 Å². The maximum absolute atomic E-state index is 13.2. The number of aliphatic carboxylic acids is 1. The Hall–Kier alpha value is -4.03. The second kappa shape index (κ2) is 11.2. The average molecular weight is 607 g/mol. The van der Waals surface area contributed by atoms with E-state index < -0.39 is 29.2 Å². The molecule has 3 amide bonds. The van der Waals surface area contributed by atoms with E-state index in [0.717, 1.165) is 22.2 Å². The van der Waals surface area contributed by atoms with Crippen molar-refractivity contribution in [1.29, 1.82) is 0 Å². The molecule has 1 saturated heterocycles. The summed E-state index contributed by atoms with van der Waals surface area (Å²) in [6.45, 7) is 3.89. The van der Waals surface area contributed by atoms with Crippen molar-refractivity contribution in [3.05, 3.63) is 40.7 Å². The number of hydrogen-bond acceptors (Lipinski definition) is 12. The summed E-state index contributed by atoms with van der Waals surface area (Å²) in [6.07, 6.45) is 4.37. The highest BCUT2D eigenvalue weighted by atomic mass is 32.2. The fourth-order valence-corrected chi connectivity index (χ4v) is 7.08. The minimum Gasteiger partial charge on any atom is -0.477 e. The number of thiazole rings is 1. The topological polar surface area (TPSA) is 197 Å². The molecule has 15 nitrogen and oxygen atoms in total. The van der Waals surface area contributed by atoms with Crippen LogP contribution in [0, 0.1) is 0 Å². The largest absolute Gasteiger partial charge is 0.477 e. The van der Waals surface area contributed by atoms with Crippen LogP contribution in [0.3, 0.4) is 0 Å². The number of hydrogen-bond donors (Lipinski definition) is 4. The predicted molar refractivity (Wildman–Crippen MR) is 145 cm³/mol. The molecule has 0 radical (unpaired) electrons. The maximum atomic E-state index is 13.2. The molecule has 0 saturated carbocycles. The molecule has 0 aromatic carbocycles. The number of carboxylic acid groups (broad SMARTS) is 1. The molecule has 5 N–H and O–H groups in total. The van der Waals surface area contributed by atoms with E-state index in [1.54, 1.807) is 6.92 Å². The van der Waals surface area contributed by atoms with Crippen molar-refractivity contribution >= 4 is 74.5 Å². The fraction of sp³-hybridized carbons (Fsp3) is 0.364. The van der Waals surface area contributed by atoms with E-state index in [-0.39, 0.29) is 41.6 Å². The van der Waals surface area contributed by atoms with Gasteiger partial charge in [-0.25, -0.2) is 9.36 Å². The summed E-state index contributed by atoms with van der Waals surface area (Å²) in [5.74, 6) is -1.55. The summed E-state index contributed by atoms with van der Waals surface area (Å²) in [5, 5.41) is 20.7. The van der Waals surface area contributed by atoms with Crippen LogP contribution in [0.4, 0.5) is 5.13 Å². The summed E-state index contributed by atoms with van der Waals surface area (Å²) in [5.41, 5.74) is 5.79. The van der Waals surface area contributed by atoms with Gasteiger partial charge in [0.1, 0.15) is 48.7 Å². The standard InChI is InChI=1S/C22H23N9O6S3/c1-3-37-27-13(16-26-22(23)40-28-16)17(33)25-14-19(34)31-15(21(35)36)11(8-39-20(14)31)6-29-7-12-30(4-5-38-12)18(29)10(2)24-9-32/h4-5,7,9-10,14,20H,3,6,8H2,1-2H3,(H4-,23,24,25,26,28,32,33,35,36)/p+1/b27-13-/t10-,14+,20+/m0/s1. The fourth-order valence-electron chi connectivity index (χ4n) is 4.54. The molecule has 1 fully saturated rings. The van der Waals surface area contributed by atoms with E-state index in [2.05, 4.69) is 25.1 Å². The third-order valence-corrected chi connectivity index (χ3v) is 8.88. The summed E-state index contributed by atoms with van der Waals surface area (Å²) < 4.78 is 7.79. The van der Waals surface area contributed by atoms with Gasteiger partial charge in [-0.15, -0.1) is 11.8 Å². The van der Waals surface area contributed by atoms with Crippen molar-refractivity contribution in [3.8, 4) is 0 Å². The van der Waals surface area contributed by atoms with Crippen molar-refractivity contribution in [3.63, 3.8) is 0 Å². The molecule has 3 aromatic heterocycles. The first-order valence-electron chi connectivity index (χ1n) is 11.9. The lowest BCUT2D eigenvalue weighted by molar-refractivity contribution is -0.696. The molecular formula is C22H24N9O6S3+. The minimum atomic E-state index is -1.25. The molecule has 5 rings (SSSR count). The number of amides is 3. The van der Waals surface area contributed by atoms with Crippen LogP contribution in [0.2, 0.25) is 0 Å². The lowest BCUT2D eigenvalue weighted by Crippen LogP contribution is -2.71. The Labute approximate surface area is 238 Å². The number of carboxylic acids is 1. The van der Waals surface area contributed by atoms with Gasteiger partial charge >= 0.3 is 5.97 Å². The number of nitrogens with one attached hydrogen (secondary N) is 2. The number of aromatic nitrogens is 4. The Morgan fingerprint density at radius 2 is 2.25 bits per heavy atom. The van der Waals surface area contributed by atoms with E-state index >= 15 is 0 Å². The Morgan fingerprint density at radius 1 is 1.45 bits per heavy atom. The third-order valence-electron chi connectivity index (χ3n) is 6.20. The van der Waals surface area contributed by atoms with Crippen LogP contribution < -0.4 is 20.9 Å². The van der Waals surface area contributed by atoms with E-state index in [1.807, 2.05) is 33.7 Å². The highest BCUT2D eigenvalue weighted by Crippen LogP contribution is 2.40. The first-order chi connectivity index (χ1) is 19.2. The van der Waals surface area contributed by atoms with Gasteiger partial charge in [0.15, 0.2) is 5.13 Å². The highest BCUT2D eigenvalue weighted by Gasteiger charge is 2.54. The molecule has 0 spiro atoms. The molecule has 2 aliphatic rings. The number of imidazole rings is 1. The lowest BCUT2D eigenvalue weighted by Gasteiger charge is -2.49. The smallest absolute Gasteiger partial charge is 0.352 e. The van der Waals surface area contributed by atoms with Crippen LogP contribution in [-0.2, 0) is 30.6 Å². The number of carbonyl (C=O) groups is 4. The van der Waals surface area contributed by atoms with Gasteiger partial charge in [-0.2, -0.15) is 13.8 Å². The Morgan fingerprint density at radius 3 is 2.92 bits per heavy atom. The molecule has 3 aromatic rings. The van der Waals surface area contributed by atoms with Crippen molar-refractivity contribution in [2.75, 3.05) is 18.1 Å². The number of rotatable bonds is 11. The first kappa shape index (κ1) is 27.5. The Bertz CT molecular complexity index is 1560. The number of thioether (sulfide) groups is 1. The van der Waals surface area contributed by atoms with Gasteiger partial charge in [0, 0.05) is 28.2 Å². The van der Waals surface area contributed by atoms with E-state index in [4.69, 9.17) is 10.6 Å². The molecule has 5 heterocycles. The number of carbonyl (C=O) groups excluding carboxylic acids is 3. The molecule has 3 atom stereocenters. The number of fused-ring (bicyclic) bond motifs is 2. The number of nitrogens with two attached hydrogens (primary N) is 1. The summed E-state index contributed by atoms with van der Waals surface area (Å²) in [7, 11) is 0. The molecule has 0 unspecified atom stereocenters. The molecule has 0 aliphatic carbocycles. The minimum absolute atomic E-state index is 0.0413. The van der Waals surface area contributed by atoms with Gasteiger partial charge in [0.2, 0.25) is 22.8 Å². The number of nitrogens with zero attached hydrogens (tertiary/aromatic N) is 6. The average Bonchev–Trinajstić information content (AvgIpc) is 3.63. The SMILES string of the molecule is CCO/N=C(\C(=O)N[C@@H]1C(=O)N2C(C(=O)O)=C(C[n+]3cc4sccn4c3[C@H](C)NC=O)CS[C@H]12)c1nsc(N)n1. The molecule has 210 valence electrons. The number of nitrogen functional groups attached to an aromatic ring is 1. The van der Waals surface area contributed by atoms with Crippen molar-refractivity contribution in [1.82, 2.24) is 29.3 Å². The van der Waals surface area contributed by atoms with Crippen LogP contribution >= 0.6 is 34.6 Å². The molecular weight excluding hydrogens is 583 g/mol. The summed E-state index contributed by atoms with van der Waals surface area (Å²) in [4.78, 5) is 60.8. The zero-order valence-corrected chi connectivity index (χ0v) is 23.6. The van der Waals surface area contributed by atoms with Crippen molar-refractivity contribution in [2.24, 2.45) is 5.16 Å². The van der Waals surface area contributed by atoms with Gasteiger partial charge in [-0.05, 0) is 13.8 Å². The van der Waals surface area contributed by atoms with Gasteiger partial charge in [-0.1, -0.05) is 16.5 Å². The van der Waals surface area contributed by atoms with Gasteiger partial charge in [0.05, 0.1) is 0 Å². The quantitative estimate of drug-likeness (QED) is 0.0740. The molecule has 0 bridgehead atoms. The van der Waals surface area contributed by atoms with Gasteiger partial charge in [0.25, 0.3) is 17.6 Å². The second-order valence-electron chi connectivity index (χ2n) is 8.66. The summed E-state index contributed by atoms with van der Waals surface area (Å²) in [6, 6.07) is -1.34. The zero-order valence-electron chi connectivity index (χ0n) is 21.1.